The van der Waals surface area contributed by atoms with Crippen molar-refractivity contribution in [2.24, 2.45) is 5.92 Å². The number of aliphatic hydroxyl groups is 1. The zero-order chi connectivity index (χ0) is 14.0. The molecule has 1 fully saturated rings. The van der Waals surface area contributed by atoms with Crippen molar-refractivity contribution in [1.82, 2.24) is 0 Å². The van der Waals surface area contributed by atoms with Crippen molar-refractivity contribution in [3.63, 3.8) is 0 Å². The van der Waals surface area contributed by atoms with Crippen molar-refractivity contribution in [2.45, 2.75) is 19.0 Å². The zero-order valence-corrected chi connectivity index (χ0v) is 11.8. The lowest BCUT2D eigenvalue weighted by atomic mass is 9.97. The highest BCUT2D eigenvalue weighted by molar-refractivity contribution is 9.10. The van der Waals surface area contributed by atoms with Gasteiger partial charge in [0.1, 0.15) is 0 Å². The Morgan fingerprint density at radius 3 is 2.74 bits per heavy atom. The molecule has 2 rings (SSSR count). The maximum Gasteiger partial charge on any atom is 0.418 e. The van der Waals surface area contributed by atoms with Gasteiger partial charge in [-0.15, -0.1) is 0 Å². The van der Waals surface area contributed by atoms with Crippen LogP contribution in [0.1, 0.15) is 18.4 Å². The highest BCUT2D eigenvalue weighted by Crippen LogP contribution is 2.39. The number of halogens is 4. The van der Waals surface area contributed by atoms with Crippen molar-refractivity contribution in [3.8, 4) is 0 Å². The molecule has 6 heteroatoms. The molecule has 1 aliphatic heterocycles. The molecule has 106 valence electrons. The fourth-order valence-corrected chi connectivity index (χ4v) is 2.79. The molecule has 2 nitrogen and oxygen atoms in total. The van der Waals surface area contributed by atoms with Crippen LogP contribution in [-0.2, 0) is 6.18 Å². The topological polar surface area (TPSA) is 23.5 Å². The normalized spacial score (nSPS) is 20.7. The Labute approximate surface area is 118 Å². The van der Waals surface area contributed by atoms with Gasteiger partial charge in [-0.05, 0) is 37.0 Å². The smallest absolute Gasteiger partial charge is 0.396 e. The first kappa shape index (κ1) is 14.7. The summed E-state index contributed by atoms with van der Waals surface area (Å²) in [7, 11) is 0. The molecule has 19 heavy (non-hydrogen) atoms. The molecule has 1 heterocycles. The molecule has 0 aliphatic carbocycles. The molecule has 0 bridgehead atoms. The molecule has 0 saturated carbocycles. The molecule has 0 radical (unpaired) electrons. The van der Waals surface area contributed by atoms with Gasteiger partial charge in [0.05, 0.1) is 11.3 Å². The first-order valence-electron chi connectivity index (χ1n) is 6.14. The first-order valence-corrected chi connectivity index (χ1v) is 6.93. The van der Waals surface area contributed by atoms with Crippen molar-refractivity contribution in [2.75, 3.05) is 24.6 Å². The van der Waals surface area contributed by atoms with Crippen molar-refractivity contribution < 1.29 is 18.3 Å². The van der Waals surface area contributed by atoms with E-state index in [1.165, 1.54) is 12.1 Å². The summed E-state index contributed by atoms with van der Waals surface area (Å²) in [5.74, 6) is 0.0498. The predicted molar refractivity (Wildman–Crippen MR) is 71.2 cm³/mol. The summed E-state index contributed by atoms with van der Waals surface area (Å²) < 4.78 is 39.7. The summed E-state index contributed by atoms with van der Waals surface area (Å²) in [6.07, 6.45) is -2.69. The van der Waals surface area contributed by atoms with Gasteiger partial charge in [-0.25, -0.2) is 0 Å². The molecule has 1 atom stereocenters. The average Bonchev–Trinajstić information content (AvgIpc) is 2.37. The van der Waals surface area contributed by atoms with E-state index in [1.807, 2.05) is 0 Å². The second-order valence-electron chi connectivity index (χ2n) is 4.80. The van der Waals surface area contributed by atoms with E-state index in [-0.39, 0.29) is 18.2 Å². The van der Waals surface area contributed by atoms with E-state index in [4.69, 9.17) is 0 Å². The molecule has 1 saturated heterocycles. The number of anilines is 1. The van der Waals surface area contributed by atoms with Crippen LogP contribution in [0.2, 0.25) is 0 Å². The fourth-order valence-electron chi connectivity index (χ4n) is 2.44. The Balaban J connectivity index is 2.34. The van der Waals surface area contributed by atoms with Crippen LogP contribution in [0.5, 0.6) is 0 Å². The number of piperidine rings is 1. The summed E-state index contributed by atoms with van der Waals surface area (Å²) in [4.78, 5) is 1.72. The monoisotopic (exact) mass is 337 g/mol. The van der Waals surface area contributed by atoms with E-state index in [0.717, 1.165) is 18.9 Å². The molecule has 1 aromatic carbocycles. The molecule has 0 amide bonds. The lowest BCUT2D eigenvalue weighted by Crippen LogP contribution is -2.37. The third-order valence-corrected chi connectivity index (χ3v) is 3.88. The van der Waals surface area contributed by atoms with Crippen LogP contribution < -0.4 is 4.90 Å². The van der Waals surface area contributed by atoms with Crippen LogP contribution >= 0.6 is 15.9 Å². The van der Waals surface area contributed by atoms with Gasteiger partial charge in [-0.2, -0.15) is 13.2 Å². The van der Waals surface area contributed by atoms with Gasteiger partial charge in [0.2, 0.25) is 0 Å². The zero-order valence-electron chi connectivity index (χ0n) is 10.3. The molecular weight excluding hydrogens is 323 g/mol. The van der Waals surface area contributed by atoms with E-state index in [9.17, 15) is 18.3 Å². The summed E-state index contributed by atoms with van der Waals surface area (Å²) in [5.41, 5.74) is -0.422. The standard InChI is InChI=1S/C13H15BrF3NO/c14-10-3-4-11(13(15,16)17)12(6-10)18-5-1-2-9(7-18)8-19/h3-4,6,9,19H,1-2,5,7-8H2. The van der Waals surface area contributed by atoms with Gasteiger partial charge in [0.25, 0.3) is 0 Å². The second kappa shape index (κ2) is 5.71. The van der Waals surface area contributed by atoms with Crippen LogP contribution in [-0.4, -0.2) is 24.8 Å². The van der Waals surface area contributed by atoms with Crippen LogP contribution in [0.4, 0.5) is 18.9 Å². The lowest BCUT2D eigenvalue weighted by Gasteiger charge is -2.35. The summed E-state index contributed by atoms with van der Waals surface area (Å²) in [5, 5.41) is 9.18. The summed E-state index contributed by atoms with van der Waals surface area (Å²) in [6.45, 7) is 1.08. The molecular formula is C13H15BrF3NO. The molecule has 1 aliphatic rings. The Morgan fingerprint density at radius 1 is 1.37 bits per heavy atom. The fraction of sp³-hybridized carbons (Fsp3) is 0.538. The largest absolute Gasteiger partial charge is 0.418 e. The summed E-state index contributed by atoms with van der Waals surface area (Å²) >= 11 is 3.22. The van der Waals surface area contributed by atoms with Gasteiger partial charge in [0.15, 0.2) is 0 Å². The van der Waals surface area contributed by atoms with Crippen LogP contribution in [0.3, 0.4) is 0 Å². The van der Waals surface area contributed by atoms with Crippen LogP contribution in [0, 0.1) is 5.92 Å². The number of rotatable bonds is 2. The first-order chi connectivity index (χ1) is 8.91. The number of hydrogen-bond acceptors (Lipinski definition) is 2. The molecule has 1 unspecified atom stereocenters. The molecule has 1 aromatic rings. The lowest BCUT2D eigenvalue weighted by molar-refractivity contribution is -0.137. The SMILES string of the molecule is OCC1CCCN(c2cc(Br)ccc2C(F)(F)F)C1. The highest BCUT2D eigenvalue weighted by atomic mass is 79.9. The number of hydrogen-bond donors (Lipinski definition) is 1. The summed E-state index contributed by atoms with van der Waals surface area (Å²) in [6, 6.07) is 4.00. The van der Waals surface area contributed by atoms with Gasteiger partial charge in [-0.3, -0.25) is 0 Å². The van der Waals surface area contributed by atoms with E-state index in [0.29, 0.717) is 17.6 Å². The van der Waals surface area contributed by atoms with Crippen molar-refractivity contribution >= 4 is 21.6 Å². The Morgan fingerprint density at radius 2 is 2.11 bits per heavy atom. The van der Waals surface area contributed by atoms with Gasteiger partial charge in [0, 0.05) is 24.2 Å². The molecule has 0 aromatic heterocycles. The maximum absolute atomic E-state index is 13.0. The molecule has 0 spiro atoms. The Bertz CT molecular complexity index is 450. The van der Waals surface area contributed by atoms with Gasteiger partial charge < -0.3 is 10.0 Å². The minimum absolute atomic E-state index is 0.0197. The van der Waals surface area contributed by atoms with Crippen molar-refractivity contribution in [3.05, 3.63) is 28.2 Å². The van der Waals surface area contributed by atoms with Crippen LogP contribution in [0.25, 0.3) is 0 Å². The third-order valence-electron chi connectivity index (χ3n) is 3.38. The number of benzene rings is 1. The van der Waals surface area contributed by atoms with E-state index in [2.05, 4.69) is 15.9 Å². The second-order valence-corrected chi connectivity index (χ2v) is 5.71. The highest BCUT2D eigenvalue weighted by Gasteiger charge is 2.35. The van der Waals surface area contributed by atoms with Gasteiger partial charge >= 0.3 is 6.18 Å². The van der Waals surface area contributed by atoms with E-state index in [1.54, 1.807) is 4.90 Å². The van der Waals surface area contributed by atoms with Crippen molar-refractivity contribution in [1.29, 1.82) is 0 Å². The Hall–Kier alpha value is -0.750. The minimum atomic E-state index is -4.36. The Kier molecular flexibility index (Phi) is 4.40. The third kappa shape index (κ3) is 3.42. The van der Waals surface area contributed by atoms with Gasteiger partial charge in [-0.1, -0.05) is 15.9 Å². The maximum atomic E-state index is 13.0. The number of aliphatic hydroxyl groups excluding tert-OH is 1. The average molecular weight is 338 g/mol. The number of nitrogens with zero attached hydrogens (tertiary/aromatic N) is 1. The van der Waals surface area contributed by atoms with Crippen LogP contribution in [0.15, 0.2) is 22.7 Å². The quantitative estimate of drug-likeness (QED) is 0.889. The van der Waals surface area contributed by atoms with E-state index >= 15 is 0 Å². The van der Waals surface area contributed by atoms with E-state index < -0.39 is 11.7 Å². The molecule has 1 N–H and O–H groups in total. The minimum Gasteiger partial charge on any atom is -0.396 e. The number of alkyl halides is 3. The predicted octanol–water partition coefficient (Wildman–Crippen LogP) is 3.68.